The Bertz CT molecular complexity index is 627. The van der Waals surface area contributed by atoms with Gasteiger partial charge >= 0.3 is 32.5 Å². The Labute approximate surface area is 143 Å². The monoisotopic (exact) mass is 388 g/mol. The Morgan fingerprint density at radius 2 is 1.21 bits per heavy atom. The number of rotatable bonds is 10. The van der Waals surface area contributed by atoms with Crippen LogP contribution in [0.4, 0.5) is 0 Å². The van der Waals surface area contributed by atoms with Gasteiger partial charge in [-0.1, -0.05) is 12.8 Å². The van der Waals surface area contributed by atoms with E-state index in [2.05, 4.69) is 12.5 Å². The van der Waals surface area contributed by atoms with E-state index < -0.39 is 38.1 Å². The zero-order valence-corrected chi connectivity index (χ0v) is 15.9. The summed E-state index contributed by atoms with van der Waals surface area (Å²) in [4.78, 5) is 22.5. The zero-order valence-electron chi connectivity index (χ0n) is 14.2. The highest BCUT2D eigenvalue weighted by Gasteiger charge is 2.25. The number of hydrogen-bond acceptors (Lipinski definition) is 9. The van der Waals surface area contributed by atoms with Crippen LogP contribution in [0.3, 0.4) is 0 Å². The van der Waals surface area contributed by atoms with Gasteiger partial charge in [-0.3, -0.25) is 9.59 Å². The second-order valence-corrected chi connectivity index (χ2v) is 8.86. The lowest BCUT2D eigenvalue weighted by Gasteiger charge is -2.17. The molecule has 0 saturated heterocycles. The molecule has 0 aliphatic rings. The van der Waals surface area contributed by atoms with Gasteiger partial charge in [-0.25, -0.2) is 4.18 Å². The van der Waals surface area contributed by atoms with E-state index in [1.807, 2.05) is 0 Å². The highest BCUT2D eigenvalue weighted by molar-refractivity contribution is 7.86. The van der Waals surface area contributed by atoms with E-state index >= 15 is 0 Å². The molecule has 11 heteroatoms. The molecule has 9 nitrogen and oxygen atoms in total. The first-order valence-electron chi connectivity index (χ1n) is 7.30. The van der Waals surface area contributed by atoms with Crippen molar-refractivity contribution in [2.45, 2.75) is 64.9 Å². The standard InChI is InChI=1S/C13H24O9S2/c1-13(2,3)22-24(18,19)21-12(15)10-8-6-5-7-9-11(14)20-23(4,16)17/h5-10H2,1-4H3. The van der Waals surface area contributed by atoms with Crippen molar-refractivity contribution in [1.82, 2.24) is 0 Å². The summed E-state index contributed by atoms with van der Waals surface area (Å²) in [5, 5.41) is 0. The van der Waals surface area contributed by atoms with Crippen LogP contribution in [0.2, 0.25) is 0 Å². The molecular weight excluding hydrogens is 364 g/mol. The molecule has 0 unspecified atom stereocenters. The van der Waals surface area contributed by atoms with E-state index in [0.29, 0.717) is 25.7 Å². The largest absolute Gasteiger partial charge is 0.452 e. The molecule has 0 amide bonds. The van der Waals surface area contributed by atoms with Crippen LogP contribution < -0.4 is 0 Å². The average molecular weight is 388 g/mol. The van der Waals surface area contributed by atoms with E-state index in [4.69, 9.17) is 0 Å². The van der Waals surface area contributed by atoms with Gasteiger partial charge in [-0.15, -0.1) is 0 Å². The van der Waals surface area contributed by atoms with Crippen molar-refractivity contribution in [3.8, 4) is 0 Å². The Hall–Kier alpha value is -1.20. The maximum Gasteiger partial charge on any atom is 0.452 e. The number of hydrogen-bond donors (Lipinski definition) is 0. The minimum absolute atomic E-state index is 0.0503. The molecule has 0 aromatic rings. The third kappa shape index (κ3) is 14.4. The number of unbranched alkanes of at least 4 members (excludes halogenated alkanes) is 3. The molecule has 0 heterocycles. The van der Waals surface area contributed by atoms with Crippen molar-refractivity contribution in [2.75, 3.05) is 6.26 Å². The first-order valence-corrected chi connectivity index (χ1v) is 10.5. The van der Waals surface area contributed by atoms with Gasteiger partial charge in [0.15, 0.2) is 0 Å². The first-order chi connectivity index (χ1) is 10.7. The van der Waals surface area contributed by atoms with E-state index in [0.717, 1.165) is 6.26 Å². The van der Waals surface area contributed by atoms with Crippen LogP contribution in [0, 0.1) is 0 Å². The number of carbonyl (C=O) groups excluding carboxylic acids is 2. The molecular formula is C13H24O9S2. The Balaban J connectivity index is 3.90. The fraction of sp³-hybridized carbons (Fsp3) is 0.846. The van der Waals surface area contributed by atoms with Crippen LogP contribution in [0.15, 0.2) is 0 Å². The molecule has 0 bridgehead atoms. The molecule has 0 aromatic heterocycles. The first kappa shape index (κ1) is 22.8. The molecule has 0 aliphatic carbocycles. The van der Waals surface area contributed by atoms with Crippen molar-refractivity contribution in [3.05, 3.63) is 0 Å². The van der Waals surface area contributed by atoms with Crippen molar-refractivity contribution in [1.29, 1.82) is 0 Å². The topological polar surface area (TPSA) is 130 Å². The van der Waals surface area contributed by atoms with Crippen LogP contribution in [-0.2, 0) is 42.7 Å². The molecule has 0 spiro atoms. The summed E-state index contributed by atoms with van der Waals surface area (Å²) in [5.41, 5.74) is -1.00. The molecule has 0 rings (SSSR count). The predicted octanol–water partition coefficient (Wildman–Crippen LogP) is 1.43. The third-order valence-corrected chi connectivity index (χ3v) is 3.89. The molecule has 24 heavy (non-hydrogen) atoms. The highest BCUT2D eigenvalue weighted by atomic mass is 32.3. The van der Waals surface area contributed by atoms with Gasteiger partial charge in [0.1, 0.15) is 0 Å². The van der Waals surface area contributed by atoms with Crippen LogP contribution in [0.5, 0.6) is 0 Å². The number of carbonyl (C=O) groups is 2. The van der Waals surface area contributed by atoms with Crippen molar-refractivity contribution < 1.29 is 39.0 Å². The van der Waals surface area contributed by atoms with E-state index in [1.165, 1.54) is 20.8 Å². The fourth-order valence-electron chi connectivity index (χ4n) is 1.58. The minimum Gasteiger partial charge on any atom is -0.346 e. The third-order valence-electron chi connectivity index (χ3n) is 2.30. The summed E-state index contributed by atoms with van der Waals surface area (Å²) < 4.78 is 57.3. The van der Waals surface area contributed by atoms with E-state index in [9.17, 15) is 26.4 Å². The lowest BCUT2D eigenvalue weighted by molar-refractivity contribution is -0.135. The molecule has 0 aromatic carbocycles. The SMILES string of the molecule is CC(C)(C)OS(=O)(=O)OC(=O)CCCCCCC(=O)OS(C)(=O)=O. The second kappa shape index (κ2) is 9.33. The molecule has 0 atom stereocenters. The van der Waals surface area contributed by atoms with E-state index in [1.54, 1.807) is 0 Å². The smallest absolute Gasteiger partial charge is 0.346 e. The van der Waals surface area contributed by atoms with Gasteiger partial charge < -0.3 is 8.37 Å². The Kier molecular flexibility index (Phi) is 8.86. The average Bonchev–Trinajstić information content (AvgIpc) is 2.27. The van der Waals surface area contributed by atoms with Gasteiger partial charge in [-0.05, 0) is 33.6 Å². The summed E-state index contributed by atoms with van der Waals surface area (Å²) in [6.07, 6.45) is 2.48. The molecule has 142 valence electrons. The van der Waals surface area contributed by atoms with Crippen LogP contribution in [0.25, 0.3) is 0 Å². The predicted molar refractivity (Wildman–Crippen MR) is 84.5 cm³/mol. The van der Waals surface area contributed by atoms with Crippen LogP contribution >= 0.6 is 0 Å². The van der Waals surface area contributed by atoms with Gasteiger partial charge in [-0.2, -0.15) is 16.8 Å². The Morgan fingerprint density at radius 1 is 0.792 bits per heavy atom. The summed E-state index contributed by atoms with van der Waals surface area (Å²) in [6.45, 7) is 4.52. The molecule has 0 fully saturated rings. The Morgan fingerprint density at radius 3 is 1.58 bits per heavy atom. The molecule has 0 N–H and O–H groups in total. The molecule has 0 radical (unpaired) electrons. The van der Waals surface area contributed by atoms with Gasteiger partial charge in [0.05, 0.1) is 11.9 Å². The summed E-state index contributed by atoms with van der Waals surface area (Å²) in [6, 6.07) is 0. The quantitative estimate of drug-likeness (QED) is 0.403. The zero-order chi connectivity index (χ0) is 19.0. The molecule has 0 aliphatic heterocycles. The second-order valence-electron chi connectivity index (χ2n) is 6.13. The fourth-order valence-corrected chi connectivity index (χ4v) is 2.96. The van der Waals surface area contributed by atoms with E-state index in [-0.39, 0.29) is 12.8 Å². The van der Waals surface area contributed by atoms with Crippen molar-refractivity contribution >= 4 is 32.5 Å². The summed E-state index contributed by atoms with van der Waals surface area (Å²) in [7, 11) is -8.17. The van der Waals surface area contributed by atoms with Crippen LogP contribution in [0.1, 0.15) is 59.3 Å². The van der Waals surface area contributed by atoms with Gasteiger partial charge in [0.2, 0.25) is 0 Å². The van der Waals surface area contributed by atoms with Gasteiger partial charge in [0.25, 0.3) is 0 Å². The maximum absolute atomic E-state index is 11.4. The minimum atomic E-state index is -4.38. The summed E-state index contributed by atoms with van der Waals surface area (Å²) in [5.74, 6) is -1.75. The lowest BCUT2D eigenvalue weighted by Crippen LogP contribution is -2.27. The highest BCUT2D eigenvalue weighted by Crippen LogP contribution is 2.14. The van der Waals surface area contributed by atoms with Crippen LogP contribution in [-0.4, -0.2) is 40.6 Å². The summed E-state index contributed by atoms with van der Waals surface area (Å²) >= 11 is 0. The van der Waals surface area contributed by atoms with Crippen molar-refractivity contribution in [3.63, 3.8) is 0 Å². The lowest BCUT2D eigenvalue weighted by atomic mass is 10.1. The van der Waals surface area contributed by atoms with Gasteiger partial charge in [0, 0.05) is 12.8 Å². The molecule has 0 saturated carbocycles. The van der Waals surface area contributed by atoms with Crippen molar-refractivity contribution in [2.24, 2.45) is 0 Å². The maximum atomic E-state index is 11.4. The normalized spacial score (nSPS) is 12.7.